The van der Waals surface area contributed by atoms with Crippen molar-refractivity contribution >= 4 is 68.2 Å². The fourth-order valence-corrected chi connectivity index (χ4v) is 10.7. The third-order valence-electron chi connectivity index (χ3n) is 9.33. The number of benzene rings is 4. The number of nitrogens with one attached hydrogen (secondary N) is 3. The molecule has 2 heterocycles. The summed E-state index contributed by atoms with van der Waals surface area (Å²) in [7, 11) is -10.1. The molecule has 2 aromatic heterocycles. The quantitative estimate of drug-likeness (QED) is 0.0803. The first-order valence-electron chi connectivity index (χ1n) is 18.7. The average Bonchev–Trinajstić information content (AvgIpc) is 3.28. The molecule has 6 rings (SSSR count). The number of aryl methyl sites for hydroxylation is 1. The molecule has 0 atom stereocenters. The van der Waals surface area contributed by atoms with Gasteiger partial charge in [0, 0.05) is 43.1 Å². The number of sulfone groups is 1. The molecule has 4 aromatic carbocycles. The number of hydrogen-bond donors (Lipinski definition) is 5. The van der Waals surface area contributed by atoms with Crippen LogP contribution in [0.2, 0.25) is 0 Å². The molecule has 0 saturated heterocycles. The Balaban J connectivity index is 1.03. The Kier molecular flexibility index (Phi) is 14.1. The Labute approximate surface area is 370 Å². The minimum atomic E-state index is -4.32. The third kappa shape index (κ3) is 11.4. The van der Waals surface area contributed by atoms with E-state index in [2.05, 4.69) is 30.6 Å². The number of halogens is 1. The van der Waals surface area contributed by atoms with Crippen molar-refractivity contribution in [1.29, 1.82) is 5.26 Å². The fourth-order valence-electron chi connectivity index (χ4n) is 5.89. The SMILES string of the molecule is COP(=O)(CS(=O)(=O)c1ccc(NC(=O)c2nc(-c3ccc(CCC(=O)NS(=O)(=O)c4ccc(NC(=O)c5nc(-c6cc(F)ccc6C#N)cnc5N)cc4)cc3)cnc2N)cc1)OC. The summed E-state index contributed by atoms with van der Waals surface area (Å²) in [6.45, 7) is 0. The number of nitrogens with zero attached hydrogens (tertiary/aromatic N) is 5. The second-order valence-corrected chi connectivity index (χ2v) is 20.1. The van der Waals surface area contributed by atoms with Crippen LogP contribution < -0.4 is 26.8 Å². The summed E-state index contributed by atoms with van der Waals surface area (Å²) in [5, 5.41) is 14.5. The van der Waals surface area contributed by atoms with Crippen LogP contribution in [-0.2, 0) is 44.7 Å². The van der Waals surface area contributed by atoms with Gasteiger partial charge in [-0.05, 0) is 78.7 Å². The number of sulfonamides is 1. The lowest BCUT2D eigenvalue weighted by Gasteiger charge is -2.14. The van der Waals surface area contributed by atoms with Crippen LogP contribution in [0.25, 0.3) is 22.5 Å². The normalized spacial score (nSPS) is 11.6. The van der Waals surface area contributed by atoms with Crippen molar-refractivity contribution in [1.82, 2.24) is 24.7 Å². The van der Waals surface area contributed by atoms with Crippen molar-refractivity contribution < 1.29 is 49.2 Å². The summed E-state index contributed by atoms with van der Waals surface area (Å²) in [6.07, 6.45) is 2.48. The zero-order valence-corrected chi connectivity index (χ0v) is 36.6. The van der Waals surface area contributed by atoms with Crippen LogP contribution in [0.5, 0.6) is 0 Å². The fraction of sp³-hybridized carbons (Fsp3) is 0.122. The highest BCUT2D eigenvalue weighted by Crippen LogP contribution is 2.48. The van der Waals surface area contributed by atoms with Gasteiger partial charge in [-0.25, -0.2) is 45.9 Å². The molecule has 0 aliphatic heterocycles. The maximum Gasteiger partial charge on any atom is 0.345 e. The first kappa shape index (κ1) is 47.0. The maximum absolute atomic E-state index is 13.9. The Morgan fingerprint density at radius 1 is 0.754 bits per heavy atom. The molecule has 6 aromatic rings. The second-order valence-electron chi connectivity index (χ2n) is 13.7. The van der Waals surface area contributed by atoms with Gasteiger partial charge in [-0.15, -0.1) is 0 Å². The predicted molar refractivity (Wildman–Crippen MR) is 235 cm³/mol. The predicted octanol–water partition coefficient (Wildman–Crippen LogP) is 4.94. The van der Waals surface area contributed by atoms with Gasteiger partial charge >= 0.3 is 7.60 Å². The number of nitrogens with two attached hydrogens (primary N) is 2. The van der Waals surface area contributed by atoms with E-state index in [1.807, 2.05) is 10.8 Å². The molecule has 0 aliphatic rings. The molecular weight excluding hydrogens is 907 g/mol. The van der Waals surface area contributed by atoms with Gasteiger partial charge in [0.2, 0.25) is 5.91 Å². The van der Waals surface area contributed by atoms with Gasteiger partial charge in [0.15, 0.2) is 38.4 Å². The standard InChI is InChI=1S/C41H36FN10O10PS2/c1-61-63(56,62-2)23-64(57,58)30-14-10-28(11-15-30)48-40(54)36-38(44)46-21-33(50-36)25-6-3-24(4-7-25)5-18-35(53)52-65(59,60)31-16-12-29(13-17-31)49-41(55)37-39(45)47-22-34(51-37)32-19-27(42)9-8-26(32)20-43/h3-4,6-17,19,21-22H,5,18,23H2,1-2H3,(H2,44,46)(H2,45,47)(H,48,54)(H,49,55)(H,52,53). The van der Waals surface area contributed by atoms with E-state index >= 15 is 0 Å². The lowest BCUT2D eigenvalue weighted by atomic mass is 10.1. The molecule has 0 saturated carbocycles. The van der Waals surface area contributed by atoms with Crippen LogP contribution in [0.4, 0.5) is 27.4 Å². The highest BCUT2D eigenvalue weighted by Gasteiger charge is 2.31. The summed E-state index contributed by atoms with van der Waals surface area (Å²) in [6, 6.07) is 22.0. The molecule has 3 amide bonds. The summed E-state index contributed by atoms with van der Waals surface area (Å²) >= 11 is 0. The zero-order chi connectivity index (χ0) is 47.1. The highest BCUT2D eigenvalue weighted by atomic mass is 32.2. The van der Waals surface area contributed by atoms with Gasteiger partial charge in [0.25, 0.3) is 21.8 Å². The van der Waals surface area contributed by atoms with Crippen LogP contribution in [0.15, 0.2) is 113 Å². The minimum absolute atomic E-state index is 0.0198. The van der Waals surface area contributed by atoms with E-state index in [4.69, 9.17) is 20.5 Å². The van der Waals surface area contributed by atoms with Crippen molar-refractivity contribution in [2.75, 3.05) is 41.8 Å². The number of amides is 3. The molecule has 334 valence electrons. The van der Waals surface area contributed by atoms with Crippen LogP contribution in [0.1, 0.15) is 38.5 Å². The van der Waals surface area contributed by atoms with E-state index in [9.17, 15) is 45.4 Å². The Bertz CT molecular complexity index is 3130. The number of nitrogen functional groups attached to an aromatic ring is 2. The molecule has 0 fully saturated rings. The number of rotatable bonds is 16. The summed E-state index contributed by atoms with van der Waals surface area (Å²) in [5.41, 5.74) is 12.4. The lowest BCUT2D eigenvalue weighted by Crippen LogP contribution is -2.30. The van der Waals surface area contributed by atoms with Crippen molar-refractivity contribution in [3.05, 3.63) is 132 Å². The number of aromatic nitrogens is 4. The van der Waals surface area contributed by atoms with Gasteiger partial charge < -0.3 is 31.1 Å². The van der Waals surface area contributed by atoms with Gasteiger partial charge in [0.1, 0.15) is 5.82 Å². The maximum atomic E-state index is 13.9. The second kappa shape index (κ2) is 19.5. The molecule has 0 spiro atoms. The van der Waals surface area contributed by atoms with Crippen molar-refractivity contribution in [3.8, 4) is 28.6 Å². The molecular formula is C41H36FN10O10PS2. The topological polar surface area (TPSA) is 318 Å². The number of hydrogen-bond acceptors (Lipinski definition) is 17. The molecule has 20 nitrogen and oxygen atoms in total. The van der Waals surface area contributed by atoms with Gasteiger partial charge in [0.05, 0.1) is 45.2 Å². The number of nitriles is 1. The Morgan fingerprint density at radius 3 is 1.82 bits per heavy atom. The average molecular weight is 943 g/mol. The first-order chi connectivity index (χ1) is 30.8. The molecule has 7 N–H and O–H groups in total. The molecule has 0 radical (unpaired) electrons. The highest BCUT2D eigenvalue weighted by molar-refractivity contribution is 7.97. The Morgan fingerprint density at radius 2 is 1.28 bits per heavy atom. The largest absolute Gasteiger partial charge is 0.382 e. The monoisotopic (exact) mass is 942 g/mol. The van der Waals surface area contributed by atoms with Crippen LogP contribution in [0.3, 0.4) is 0 Å². The van der Waals surface area contributed by atoms with E-state index in [1.165, 1.54) is 54.9 Å². The van der Waals surface area contributed by atoms with Crippen molar-refractivity contribution in [2.45, 2.75) is 22.6 Å². The molecule has 0 aliphatic carbocycles. The van der Waals surface area contributed by atoms with E-state index in [0.717, 1.165) is 38.5 Å². The summed E-state index contributed by atoms with van der Waals surface area (Å²) in [5.74, 6) is -3.43. The van der Waals surface area contributed by atoms with Crippen molar-refractivity contribution in [2.24, 2.45) is 0 Å². The van der Waals surface area contributed by atoms with Crippen LogP contribution in [0, 0.1) is 17.1 Å². The van der Waals surface area contributed by atoms with E-state index in [1.54, 1.807) is 24.3 Å². The van der Waals surface area contributed by atoms with Gasteiger partial charge in [-0.1, -0.05) is 24.3 Å². The number of carbonyl (C=O) groups is 3. The van der Waals surface area contributed by atoms with Gasteiger partial charge in [-0.2, -0.15) is 5.26 Å². The zero-order valence-electron chi connectivity index (χ0n) is 34.1. The first-order valence-corrected chi connectivity index (χ1v) is 23.6. The van der Waals surface area contributed by atoms with Crippen LogP contribution in [-0.4, -0.2) is 74.2 Å². The van der Waals surface area contributed by atoms with Gasteiger partial charge in [-0.3, -0.25) is 18.9 Å². The van der Waals surface area contributed by atoms with Crippen molar-refractivity contribution in [3.63, 3.8) is 0 Å². The summed E-state index contributed by atoms with van der Waals surface area (Å²) in [4.78, 5) is 55.1. The smallest absolute Gasteiger partial charge is 0.345 e. The number of carbonyl (C=O) groups excluding carboxylic acids is 3. The molecule has 24 heteroatoms. The lowest BCUT2D eigenvalue weighted by molar-refractivity contribution is -0.119. The summed E-state index contributed by atoms with van der Waals surface area (Å²) < 4.78 is 89.2. The molecule has 0 bridgehead atoms. The van der Waals surface area contributed by atoms with Crippen LogP contribution >= 0.6 is 7.60 Å². The van der Waals surface area contributed by atoms with E-state index in [-0.39, 0.29) is 79.5 Å². The van der Waals surface area contributed by atoms with E-state index in [0.29, 0.717) is 11.1 Å². The third-order valence-corrected chi connectivity index (χ3v) is 15.4. The van der Waals surface area contributed by atoms with E-state index < -0.39 is 56.5 Å². The Hall–Kier alpha value is -7.48. The molecule has 0 unspecified atom stereocenters. The molecule has 65 heavy (non-hydrogen) atoms. The minimum Gasteiger partial charge on any atom is -0.382 e. The number of anilines is 4.